The standard InChI is InChI=1S/C21H18N4O5S/c1-25-20(18-9-28-16-4-2-3-5-17(16)30-18)23-24-21(25)31-11-14(26)12-6-7-15-13(8-12)22-19(27)10-29-15/h2-8,18H,9-11H2,1H3,(H,22,27)/t18-/m1/s1. The highest BCUT2D eigenvalue weighted by atomic mass is 32.2. The number of ketones is 1. The number of nitrogens with one attached hydrogen (secondary N) is 1. The molecule has 10 heteroatoms. The fraction of sp³-hybridized carbons (Fsp3) is 0.238. The first-order valence-electron chi connectivity index (χ1n) is 9.59. The molecular weight excluding hydrogens is 420 g/mol. The van der Waals surface area contributed by atoms with E-state index in [0.717, 1.165) is 0 Å². The Labute approximate surface area is 181 Å². The number of nitrogens with zero attached hydrogens (tertiary/aromatic N) is 3. The number of aromatic nitrogens is 3. The summed E-state index contributed by atoms with van der Waals surface area (Å²) in [5, 5.41) is 11.8. The summed E-state index contributed by atoms with van der Waals surface area (Å²) in [6, 6.07) is 12.5. The Morgan fingerprint density at radius 3 is 2.87 bits per heavy atom. The molecule has 2 aliphatic heterocycles. The number of hydrogen-bond donors (Lipinski definition) is 1. The highest BCUT2D eigenvalue weighted by Gasteiger charge is 2.27. The van der Waals surface area contributed by atoms with Crippen LogP contribution in [0.5, 0.6) is 17.2 Å². The summed E-state index contributed by atoms with van der Waals surface area (Å²) in [5.41, 5.74) is 0.989. The van der Waals surface area contributed by atoms with Crippen LogP contribution in [0.3, 0.4) is 0 Å². The topological polar surface area (TPSA) is 105 Å². The molecule has 31 heavy (non-hydrogen) atoms. The van der Waals surface area contributed by atoms with Gasteiger partial charge in [-0.1, -0.05) is 23.9 Å². The van der Waals surface area contributed by atoms with Crippen LogP contribution < -0.4 is 19.5 Å². The molecule has 1 aromatic heterocycles. The molecule has 3 aromatic rings. The van der Waals surface area contributed by atoms with E-state index in [1.165, 1.54) is 11.8 Å². The Balaban J connectivity index is 1.26. The summed E-state index contributed by atoms with van der Waals surface area (Å²) in [7, 11) is 1.83. The number of Topliss-reactive ketones (excluding diaryl/α,β-unsaturated/α-hetero) is 1. The average Bonchev–Trinajstić information content (AvgIpc) is 3.16. The number of thioether (sulfide) groups is 1. The normalized spacial score (nSPS) is 16.8. The van der Waals surface area contributed by atoms with E-state index in [-0.39, 0.29) is 30.2 Å². The third kappa shape index (κ3) is 3.81. The van der Waals surface area contributed by atoms with Gasteiger partial charge in [0.2, 0.25) is 0 Å². The molecule has 0 radical (unpaired) electrons. The first kappa shape index (κ1) is 19.4. The van der Waals surface area contributed by atoms with E-state index >= 15 is 0 Å². The molecule has 0 saturated carbocycles. The van der Waals surface area contributed by atoms with Crippen LogP contribution in [0.4, 0.5) is 5.69 Å². The van der Waals surface area contributed by atoms with Gasteiger partial charge >= 0.3 is 0 Å². The molecule has 1 N–H and O–H groups in total. The molecule has 2 aliphatic rings. The van der Waals surface area contributed by atoms with E-state index in [0.29, 0.717) is 46.1 Å². The Kier molecular flexibility index (Phi) is 4.99. The van der Waals surface area contributed by atoms with Crippen molar-refractivity contribution in [3.8, 4) is 17.2 Å². The van der Waals surface area contributed by atoms with Crippen LogP contribution in [0, 0.1) is 0 Å². The van der Waals surface area contributed by atoms with E-state index in [2.05, 4.69) is 15.5 Å². The molecule has 1 atom stereocenters. The number of para-hydroxylation sites is 2. The number of benzene rings is 2. The highest BCUT2D eigenvalue weighted by Crippen LogP contribution is 2.36. The number of amides is 1. The van der Waals surface area contributed by atoms with Gasteiger partial charge in [0, 0.05) is 12.6 Å². The number of carbonyl (C=O) groups is 2. The SMILES string of the molecule is Cn1c(SCC(=O)c2ccc3c(c2)NC(=O)CO3)nnc1[C@H]1COc2ccccc2O1. The third-order valence-corrected chi connectivity index (χ3v) is 5.95. The molecule has 0 spiro atoms. The number of hydrogen-bond acceptors (Lipinski definition) is 8. The number of carbonyl (C=O) groups excluding carboxylic acids is 2. The molecule has 0 fully saturated rings. The first-order valence-corrected chi connectivity index (χ1v) is 10.6. The first-order chi connectivity index (χ1) is 15.1. The Hall–Kier alpha value is -3.53. The minimum absolute atomic E-state index is 0.0219. The van der Waals surface area contributed by atoms with Crippen molar-refractivity contribution in [2.24, 2.45) is 7.05 Å². The van der Waals surface area contributed by atoms with Gasteiger partial charge in [-0.15, -0.1) is 10.2 Å². The van der Waals surface area contributed by atoms with Crippen molar-refractivity contribution in [1.29, 1.82) is 0 Å². The molecule has 0 aliphatic carbocycles. The highest BCUT2D eigenvalue weighted by molar-refractivity contribution is 7.99. The van der Waals surface area contributed by atoms with Gasteiger partial charge in [-0.3, -0.25) is 9.59 Å². The summed E-state index contributed by atoms with van der Waals surface area (Å²) in [6.07, 6.45) is -0.387. The van der Waals surface area contributed by atoms with Crippen molar-refractivity contribution in [3.05, 3.63) is 53.9 Å². The van der Waals surface area contributed by atoms with Gasteiger partial charge in [-0.25, -0.2) is 0 Å². The molecule has 5 rings (SSSR count). The summed E-state index contributed by atoms with van der Waals surface area (Å²) in [4.78, 5) is 24.2. The number of fused-ring (bicyclic) bond motifs is 2. The average molecular weight is 438 g/mol. The second-order valence-corrected chi connectivity index (χ2v) is 7.97. The van der Waals surface area contributed by atoms with Crippen LogP contribution in [0.15, 0.2) is 47.6 Å². The summed E-state index contributed by atoms with van der Waals surface area (Å²) in [5.74, 6) is 2.38. The largest absolute Gasteiger partial charge is 0.485 e. The van der Waals surface area contributed by atoms with Gasteiger partial charge in [0.15, 0.2) is 41.0 Å². The van der Waals surface area contributed by atoms with Crippen molar-refractivity contribution in [1.82, 2.24) is 14.8 Å². The molecule has 0 bridgehead atoms. The van der Waals surface area contributed by atoms with Crippen molar-refractivity contribution >= 4 is 29.1 Å². The fourth-order valence-corrected chi connectivity index (χ4v) is 4.16. The molecule has 2 aromatic carbocycles. The molecule has 3 heterocycles. The zero-order chi connectivity index (χ0) is 21.4. The van der Waals surface area contributed by atoms with Crippen LogP contribution in [0.25, 0.3) is 0 Å². The van der Waals surface area contributed by atoms with Gasteiger partial charge in [-0.2, -0.15) is 0 Å². The van der Waals surface area contributed by atoms with Gasteiger partial charge < -0.3 is 24.1 Å². The number of rotatable bonds is 5. The summed E-state index contributed by atoms with van der Waals surface area (Å²) >= 11 is 1.28. The Bertz CT molecular complexity index is 1180. The minimum Gasteiger partial charge on any atom is -0.485 e. The zero-order valence-electron chi connectivity index (χ0n) is 16.5. The lowest BCUT2D eigenvalue weighted by Gasteiger charge is -2.25. The smallest absolute Gasteiger partial charge is 0.262 e. The molecule has 158 valence electrons. The number of ether oxygens (including phenoxy) is 3. The van der Waals surface area contributed by atoms with Crippen LogP contribution in [-0.4, -0.2) is 45.4 Å². The van der Waals surface area contributed by atoms with E-state index < -0.39 is 0 Å². The second-order valence-electron chi connectivity index (χ2n) is 7.02. The van der Waals surface area contributed by atoms with Gasteiger partial charge in [0.25, 0.3) is 5.91 Å². The fourth-order valence-electron chi connectivity index (χ4n) is 3.35. The Morgan fingerprint density at radius 2 is 2.00 bits per heavy atom. The summed E-state index contributed by atoms with van der Waals surface area (Å²) < 4.78 is 18.9. The molecular formula is C21H18N4O5S. The summed E-state index contributed by atoms with van der Waals surface area (Å²) in [6.45, 7) is 0.307. The molecule has 0 unspecified atom stereocenters. The minimum atomic E-state index is -0.387. The van der Waals surface area contributed by atoms with Crippen molar-refractivity contribution < 1.29 is 23.8 Å². The zero-order valence-corrected chi connectivity index (χ0v) is 17.3. The van der Waals surface area contributed by atoms with Crippen LogP contribution >= 0.6 is 11.8 Å². The lowest BCUT2D eigenvalue weighted by atomic mass is 10.1. The van der Waals surface area contributed by atoms with E-state index in [4.69, 9.17) is 14.2 Å². The number of anilines is 1. The van der Waals surface area contributed by atoms with Gasteiger partial charge in [-0.05, 0) is 30.3 Å². The quantitative estimate of drug-likeness (QED) is 0.479. The van der Waals surface area contributed by atoms with Crippen LogP contribution in [-0.2, 0) is 11.8 Å². The second kappa shape index (κ2) is 7.95. The predicted octanol–water partition coefficient (Wildman–Crippen LogP) is 2.63. The van der Waals surface area contributed by atoms with Crippen molar-refractivity contribution in [2.45, 2.75) is 11.3 Å². The molecule has 0 saturated heterocycles. The van der Waals surface area contributed by atoms with Crippen LogP contribution in [0.2, 0.25) is 0 Å². The van der Waals surface area contributed by atoms with Crippen molar-refractivity contribution in [3.63, 3.8) is 0 Å². The van der Waals surface area contributed by atoms with Crippen LogP contribution in [0.1, 0.15) is 22.3 Å². The monoisotopic (exact) mass is 438 g/mol. The third-order valence-electron chi connectivity index (χ3n) is 4.93. The van der Waals surface area contributed by atoms with Gasteiger partial charge in [0.1, 0.15) is 12.4 Å². The van der Waals surface area contributed by atoms with E-state index in [9.17, 15) is 9.59 Å². The maximum Gasteiger partial charge on any atom is 0.262 e. The van der Waals surface area contributed by atoms with E-state index in [1.807, 2.05) is 31.3 Å². The van der Waals surface area contributed by atoms with E-state index in [1.54, 1.807) is 22.8 Å². The maximum absolute atomic E-state index is 12.7. The van der Waals surface area contributed by atoms with Gasteiger partial charge in [0.05, 0.1) is 11.4 Å². The van der Waals surface area contributed by atoms with Crippen molar-refractivity contribution in [2.75, 3.05) is 24.3 Å². The Morgan fingerprint density at radius 1 is 1.16 bits per heavy atom. The molecule has 1 amide bonds. The molecule has 9 nitrogen and oxygen atoms in total. The maximum atomic E-state index is 12.7. The lowest BCUT2D eigenvalue weighted by Crippen LogP contribution is -2.25. The lowest BCUT2D eigenvalue weighted by molar-refractivity contribution is -0.118. The predicted molar refractivity (Wildman–Crippen MR) is 112 cm³/mol.